The summed E-state index contributed by atoms with van der Waals surface area (Å²) in [5.41, 5.74) is 6.32. The van der Waals surface area contributed by atoms with Gasteiger partial charge in [0.15, 0.2) is 11.6 Å². The lowest BCUT2D eigenvalue weighted by molar-refractivity contribution is -0.140. The minimum absolute atomic E-state index is 0.0877. The first-order valence-corrected chi connectivity index (χ1v) is 7.34. The van der Waals surface area contributed by atoms with Gasteiger partial charge in [-0.25, -0.2) is 8.78 Å². The van der Waals surface area contributed by atoms with Crippen LogP contribution in [0, 0.1) is 17.0 Å². The fraction of sp³-hybridized carbons (Fsp3) is 0.562. The molecule has 2 rings (SSSR count). The third-order valence-corrected chi connectivity index (χ3v) is 4.47. The maximum atomic E-state index is 13.3. The van der Waals surface area contributed by atoms with E-state index in [1.807, 2.05) is 0 Å². The predicted molar refractivity (Wildman–Crippen MR) is 75.7 cm³/mol. The maximum Gasteiger partial charge on any atom is 0.303 e. The summed E-state index contributed by atoms with van der Waals surface area (Å²) in [6, 6.07) is 3.17. The Labute approximate surface area is 123 Å². The van der Waals surface area contributed by atoms with E-state index in [4.69, 9.17) is 10.8 Å². The van der Waals surface area contributed by atoms with E-state index in [1.165, 1.54) is 6.07 Å². The minimum Gasteiger partial charge on any atom is -0.481 e. The first-order chi connectivity index (χ1) is 9.92. The van der Waals surface area contributed by atoms with Gasteiger partial charge < -0.3 is 10.8 Å². The van der Waals surface area contributed by atoms with E-state index in [9.17, 15) is 13.6 Å². The van der Waals surface area contributed by atoms with Crippen molar-refractivity contribution < 1.29 is 18.7 Å². The van der Waals surface area contributed by atoms with Gasteiger partial charge in [0.2, 0.25) is 0 Å². The molecule has 1 unspecified atom stereocenters. The van der Waals surface area contributed by atoms with E-state index in [2.05, 4.69) is 0 Å². The van der Waals surface area contributed by atoms with E-state index in [0.717, 1.165) is 44.2 Å². The van der Waals surface area contributed by atoms with Gasteiger partial charge in [-0.1, -0.05) is 25.3 Å². The monoisotopic (exact) mass is 297 g/mol. The number of carboxylic acid groups (broad SMARTS) is 1. The summed E-state index contributed by atoms with van der Waals surface area (Å²) in [6.07, 6.45) is 5.35. The minimum atomic E-state index is -0.918. The van der Waals surface area contributed by atoms with E-state index >= 15 is 0 Å². The zero-order valence-corrected chi connectivity index (χ0v) is 11.9. The molecule has 1 aliphatic carbocycles. The smallest absolute Gasteiger partial charge is 0.303 e. The van der Waals surface area contributed by atoms with Crippen molar-refractivity contribution in [3.8, 4) is 0 Å². The van der Waals surface area contributed by atoms with Crippen molar-refractivity contribution in [3.63, 3.8) is 0 Å². The second-order valence-electron chi connectivity index (χ2n) is 6.12. The van der Waals surface area contributed by atoms with Crippen molar-refractivity contribution in [1.82, 2.24) is 0 Å². The number of nitrogens with two attached hydrogens (primary N) is 1. The van der Waals surface area contributed by atoms with Gasteiger partial charge in [0.05, 0.1) is 6.42 Å². The summed E-state index contributed by atoms with van der Waals surface area (Å²) in [4.78, 5) is 11.1. The highest BCUT2D eigenvalue weighted by Gasteiger charge is 2.36. The van der Waals surface area contributed by atoms with E-state index < -0.39 is 23.6 Å². The molecule has 3 nitrogen and oxygen atoms in total. The van der Waals surface area contributed by atoms with Gasteiger partial charge in [0.1, 0.15) is 0 Å². The van der Waals surface area contributed by atoms with E-state index in [0.29, 0.717) is 12.0 Å². The topological polar surface area (TPSA) is 63.3 Å². The average molecular weight is 297 g/mol. The molecule has 0 spiro atoms. The van der Waals surface area contributed by atoms with Gasteiger partial charge in [-0.05, 0) is 42.4 Å². The van der Waals surface area contributed by atoms with Crippen LogP contribution >= 0.6 is 0 Å². The second kappa shape index (κ2) is 6.52. The number of aliphatic carboxylic acids is 1. The number of benzene rings is 1. The molecular formula is C16H21F2NO2. The Hall–Kier alpha value is -1.49. The summed E-state index contributed by atoms with van der Waals surface area (Å²) < 4.78 is 26.3. The van der Waals surface area contributed by atoms with Crippen LogP contribution in [0.3, 0.4) is 0 Å². The Balaban J connectivity index is 2.15. The molecule has 0 bridgehead atoms. The van der Waals surface area contributed by atoms with Crippen molar-refractivity contribution in [1.29, 1.82) is 0 Å². The number of carboxylic acids is 1. The fourth-order valence-corrected chi connectivity index (χ4v) is 3.40. The molecular weight excluding hydrogens is 276 g/mol. The molecule has 1 aliphatic rings. The highest BCUT2D eigenvalue weighted by atomic mass is 19.2. The van der Waals surface area contributed by atoms with Crippen molar-refractivity contribution in [3.05, 3.63) is 35.4 Å². The van der Waals surface area contributed by atoms with Crippen LogP contribution in [-0.2, 0) is 4.79 Å². The molecule has 116 valence electrons. The highest BCUT2D eigenvalue weighted by molar-refractivity contribution is 5.67. The second-order valence-corrected chi connectivity index (χ2v) is 6.12. The molecule has 0 radical (unpaired) electrons. The molecule has 0 heterocycles. The van der Waals surface area contributed by atoms with Crippen molar-refractivity contribution in [2.45, 2.75) is 51.0 Å². The van der Waals surface area contributed by atoms with Crippen molar-refractivity contribution in [2.24, 2.45) is 11.1 Å². The summed E-state index contributed by atoms with van der Waals surface area (Å²) >= 11 is 0. The first-order valence-electron chi connectivity index (χ1n) is 7.34. The zero-order chi connectivity index (χ0) is 15.5. The normalized spacial score (nSPS) is 19.2. The molecule has 0 aliphatic heterocycles. The Morgan fingerprint density at radius 3 is 2.48 bits per heavy atom. The zero-order valence-electron chi connectivity index (χ0n) is 11.9. The van der Waals surface area contributed by atoms with Crippen LogP contribution in [0.15, 0.2) is 18.2 Å². The van der Waals surface area contributed by atoms with E-state index in [-0.39, 0.29) is 11.8 Å². The molecule has 1 atom stereocenters. The van der Waals surface area contributed by atoms with Crippen LogP contribution in [0.2, 0.25) is 0 Å². The standard InChI is InChI=1S/C16H21F2NO2/c17-12-5-4-11(8-13(12)18)14(19)9-16(10-15(20)21)6-2-1-3-7-16/h4-5,8,14H,1-3,6-7,9-10,19H2,(H,20,21). The van der Waals surface area contributed by atoms with Gasteiger partial charge >= 0.3 is 5.97 Å². The van der Waals surface area contributed by atoms with E-state index in [1.54, 1.807) is 0 Å². The van der Waals surface area contributed by atoms with Crippen molar-refractivity contribution in [2.75, 3.05) is 0 Å². The lowest BCUT2D eigenvalue weighted by atomic mass is 9.67. The number of halogens is 2. The lowest BCUT2D eigenvalue weighted by Gasteiger charge is -2.38. The van der Waals surface area contributed by atoms with Crippen LogP contribution in [0.1, 0.15) is 56.6 Å². The summed E-state index contributed by atoms with van der Waals surface area (Å²) in [5.74, 6) is -2.64. The summed E-state index contributed by atoms with van der Waals surface area (Å²) in [7, 11) is 0. The predicted octanol–water partition coefficient (Wildman–Crippen LogP) is 3.78. The fourth-order valence-electron chi connectivity index (χ4n) is 3.40. The van der Waals surface area contributed by atoms with Crippen LogP contribution in [0.4, 0.5) is 8.78 Å². The van der Waals surface area contributed by atoms with Crippen molar-refractivity contribution >= 4 is 5.97 Å². The quantitative estimate of drug-likeness (QED) is 0.869. The maximum absolute atomic E-state index is 13.3. The van der Waals surface area contributed by atoms with Crippen LogP contribution in [0.25, 0.3) is 0 Å². The molecule has 1 aromatic carbocycles. The van der Waals surface area contributed by atoms with Gasteiger partial charge in [-0.2, -0.15) is 0 Å². The van der Waals surface area contributed by atoms with Gasteiger partial charge in [0.25, 0.3) is 0 Å². The van der Waals surface area contributed by atoms with Crippen LogP contribution in [-0.4, -0.2) is 11.1 Å². The Kier molecular flexibility index (Phi) is 4.93. The number of hydrogen-bond acceptors (Lipinski definition) is 2. The molecule has 0 aromatic heterocycles. The number of rotatable bonds is 5. The highest BCUT2D eigenvalue weighted by Crippen LogP contribution is 2.45. The number of carbonyl (C=O) groups is 1. The van der Waals surface area contributed by atoms with Gasteiger partial charge in [-0.15, -0.1) is 0 Å². The third kappa shape index (κ3) is 4.00. The molecule has 5 heteroatoms. The summed E-state index contributed by atoms with van der Waals surface area (Å²) in [5, 5.41) is 9.14. The molecule has 0 saturated heterocycles. The molecule has 1 saturated carbocycles. The average Bonchev–Trinajstić information content (AvgIpc) is 2.41. The SMILES string of the molecule is NC(CC1(CC(=O)O)CCCCC1)c1ccc(F)c(F)c1. The summed E-state index contributed by atoms with van der Waals surface area (Å²) in [6.45, 7) is 0. The molecule has 0 amide bonds. The van der Waals surface area contributed by atoms with Gasteiger partial charge in [-0.3, -0.25) is 4.79 Å². The van der Waals surface area contributed by atoms with Gasteiger partial charge in [0, 0.05) is 6.04 Å². The van der Waals surface area contributed by atoms with Crippen LogP contribution in [0.5, 0.6) is 0 Å². The van der Waals surface area contributed by atoms with Crippen LogP contribution < -0.4 is 5.73 Å². The Morgan fingerprint density at radius 1 is 1.24 bits per heavy atom. The third-order valence-electron chi connectivity index (χ3n) is 4.47. The number of hydrogen-bond donors (Lipinski definition) is 2. The molecule has 1 fully saturated rings. The molecule has 1 aromatic rings. The molecule has 21 heavy (non-hydrogen) atoms. The molecule has 3 N–H and O–H groups in total. The largest absolute Gasteiger partial charge is 0.481 e. The Bertz CT molecular complexity index is 513. The lowest BCUT2D eigenvalue weighted by Crippen LogP contribution is -2.31. The first kappa shape index (κ1) is 15.9. The Morgan fingerprint density at radius 2 is 1.90 bits per heavy atom.